The Kier molecular flexibility index (Phi) is 10.1. The van der Waals surface area contributed by atoms with Crippen LogP contribution in [0.1, 0.15) is 34.7 Å². The molecule has 0 saturated heterocycles. The topological polar surface area (TPSA) is 51.0 Å². The predicted octanol–water partition coefficient (Wildman–Crippen LogP) is 8.90. The Labute approximate surface area is 248 Å². The molecule has 0 fully saturated rings. The Morgan fingerprint density at radius 3 is 1.38 bits per heavy atom. The molecule has 5 heteroatoms. The number of nitrogens with zero attached hydrogens (tertiary/aromatic N) is 2. The smallest absolute Gasteiger partial charge is 0.247 e. The lowest BCUT2D eigenvalue weighted by Crippen LogP contribution is -2.18. The van der Waals surface area contributed by atoms with Crippen molar-refractivity contribution in [2.45, 2.75) is 19.1 Å². The molecule has 0 aliphatic carbocycles. The van der Waals surface area contributed by atoms with Crippen LogP contribution in [-0.2, 0) is 15.5 Å². The molecule has 4 nitrogen and oxygen atoms in total. The minimum Gasteiger partial charge on any atom is -0.326 e. The van der Waals surface area contributed by atoms with Gasteiger partial charge in [0.15, 0.2) is 0 Å². The van der Waals surface area contributed by atoms with Gasteiger partial charge < -0.3 is 4.52 Å². The fourth-order valence-electron chi connectivity index (χ4n) is 4.90. The van der Waals surface area contributed by atoms with Crippen molar-refractivity contribution < 1.29 is 9.09 Å². The molecule has 2 atom stereocenters. The first-order chi connectivity index (χ1) is 20.7. The molecule has 0 aliphatic rings. The van der Waals surface area contributed by atoms with Crippen molar-refractivity contribution in [3.8, 4) is 0 Å². The molecule has 5 rings (SSSR count). The van der Waals surface area contributed by atoms with E-state index < -0.39 is 13.2 Å². The first kappa shape index (κ1) is 29.1. The van der Waals surface area contributed by atoms with Gasteiger partial charge in [-0.15, -0.1) is 0 Å². The van der Waals surface area contributed by atoms with Crippen molar-refractivity contribution >= 4 is 18.8 Å². The fourth-order valence-corrected chi connectivity index (χ4v) is 6.90. The molecule has 5 aromatic rings. The molecule has 0 amide bonds. The Balaban J connectivity index is 1.64. The van der Waals surface area contributed by atoms with E-state index in [1.165, 1.54) is 0 Å². The molecule has 2 unspecified atom stereocenters. The second-order valence-corrected chi connectivity index (χ2v) is 12.5. The summed E-state index contributed by atoms with van der Waals surface area (Å²) in [5, 5.41) is 0. The van der Waals surface area contributed by atoms with E-state index in [1.807, 2.05) is 159 Å². The minimum absolute atomic E-state index is 0.0117. The van der Waals surface area contributed by atoms with E-state index >= 15 is 4.57 Å². The summed E-state index contributed by atoms with van der Waals surface area (Å²) in [5.74, 6) is -0.646. The zero-order chi connectivity index (χ0) is 29.0. The van der Waals surface area contributed by atoms with Crippen LogP contribution in [0.3, 0.4) is 0 Å². The lowest BCUT2D eigenvalue weighted by atomic mass is 10.0. The van der Waals surface area contributed by atoms with E-state index in [2.05, 4.69) is 0 Å². The normalized spacial score (nSPS) is 13.0. The summed E-state index contributed by atoms with van der Waals surface area (Å²) in [6, 6.07) is 50.2. The molecule has 0 heterocycles. The standard InChI is InChI=1S/C37H35N2O2P/c1-2-41-42(40,29-38-36(31-20-10-4-11-21-31)32-22-12-5-13-23-32)35(28-30-18-8-3-9-19-30)39-37(33-24-14-6-15-25-33)34-26-16-7-17-27-34/h3-27,35H,2,28-29H2,1H3. The third-order valence-corrected chi connectivity index (χ3v) is 9.39. The maximum atomic E-state index is 15.0. The van der Waals surface area contributed by atoms with Crippen LogP contribution >= 0.6 is 7.37 Å². The van der Waals surface area contributed by atoms with Crippen LogP contribution in [0.25, 0.3) is 0 Å². The van der Waals surface area contributed by atoms with E-state index in [4.69, 9.17) is 14.5 Å². The SMILES string of the molecule is CCOP(=O)(CN=C(c1ccccc1)c1ccccc1)C(Cc1ccccc1)N=C(c1ccccc1)c1ccccc1. The number of aliphatic imine (C=N–C) groups is 2. The van der Waals surface area contributed by atoms with Crippen LogP contribution in [0.4, 0.5) is 0 Å². The lowest BCUT2D eigenvalue weighted by Gasteiger charge is -2.25. The molecule has 0 radical (unpaired) electrons. The van der Waals surface area contributed by atoms with Crippen molar-refractivity contribution in [3.63, 3.8) is 0 Å². The van der Waals surface area contributed by atoms with Gasteiger partial charge in [-0.05, 0) is 12.5 Å². The Bertz CT molecular complexity index is 1560. The van der Waals surface area contributed by atoms with Crippen LogP contribution in [0.2, 0.25) is 0 Å². The van der Waals surface area contributed by atoms with Gasteiger partial charge in [0.25, 0.3) is 0 Å². The average molecular weight is 571 g/mol. The highest BCUT2D eigenvalue weighted by Gasteiger charge is 2.35. The first-order valence-corrected chi connectivity index (χ1v) is 16.2. The molecule has 0 bridgehead atoms. The molecule has 0 N–H and O–H groups in total. The van der Waals surface area contributed by atoms with Crippen molar-refractivity contribution in [1.29, 1.82) is 0 Å². The van der Waals surface area contributed by atoms with Gasteiger partial charge in [-0.1, -0.05) is 152 Å². The first-order valence-electron chi connectivity index (χ1n) is 14.3. The van der Waals surface area contributed by atoms with E-state index in [-0.39, 0.29) is 6.29 Å². The number of benzene rings is 5. The molecule has 0 saturated carbocycles. The van der Waals surface area contributed by atoms with Crippen LogP contribution in [0, 0.1) is 0 Å². The van der Waals surface area contributed by atoms with E-state index in [1.54, 1.807) is 0 Å². The summed E-state index contributed by atoms with van der Waals surface area (Å²) in [7, 11) is -3.46. The molecule has 42 heavy (non-hydrogen) atoms. The van der Waals surface area contributed by atoms with Crippen molar-refractivity contribution in [2.24, 2.45) is 9.98 Å². The lowest BCUT2D eigenvalue weighted by molar-refractivity contribution is 0.325. The molecular formula is C37H35N2O2P. The maximum Gasteiger partial charge on any atom is 0.247 e. The molecular weight excluding hydrogens is 535 g/mol. The second kappa shape index (κ2) is 14.5. The van der Waals surface area contributed by atoms with Gasteiger partial charge in [0.1, 0.15) is 12.1 Å². The highest BCUT2D eigenvalue weighted by atomic mass is 31.2. The largest absolute Gasteiger partial charge is 0.326 e. The highest BCUT2D eigenvalue weighted by Crippen LogP contribution is 2.54. The second-order valence-electron chi connectivity index (χ2n) is 9.90. The van der Waals surface area contributed by atoms with Gasteiger partial charge in [0, 0.05) is 28.7 Å². The van der Waals surface area contributed by atoms with Crippen LogP contribution in [-0.4, -0.2) is 30.1 Å². The molecule has 210 valence electrons. The number of hydrogen-bond donors (Lipinski definition) is 0. The van der Waals surface area contributed by atoms with Gasteiger partial charge in [-0.25, -0.2) is 0 Å². The molecule has 0 spiro atoms. The molecule has 0 aromatic heterocycles. The summed E-state index contributed by atoms with van der Waals surface area (Å²) < 4.78 is 21.2. The quantitative estimate of drug-likeness (QED) is 0.111. The monoisotopic (exact) mass is 570 g/mol. The summed E-state index contributed by atoms with van der Waals surface area (Å²) in [5.41, 5.74) is 6.46. The minimum atomic E-state index is -3.46. The van der Waals surface area contributed by atoms with Crippen LogP contribution in [0.5, 0.6) is 0 Å². The summed E-state index contributed by atoms with van der Waals surface area (Å²) >= 11 is 0. The van der Waals surface area contributed by atoms with Gasteiger partial charge >= 0.3 is 0 Å². The van der Waals surface area contributed by atoms with Gasteiger partial charge in [-0.2, -0.15) is 0 Å². The van der Waals surface area contributed by atoms with E-state index in [0.717, 1.165) is 39.2 Å². The third-order valence-electron chi connectivity index (χ3n) is 6.96. The number of hydrogen-bond acceptors (Lipinski definition) is 4. The van der Waals surface area contributed by atoms with Crippen molar-refractivity contribution in [2.75, 3.05) is 12.9 Å². The molecule has 5 aromatic carbocycles. The van der Waals surface area contributed by atoms with Crippen LogP contribution in [0.15, 0.2) is 162 Å². The highest BCUT2D eigenvalue weighted by molar-refractivity contribution is 7.59. The zero-order valence-corrected chi connectivity index (χ0v) is 24.7. The summed E-state index contributed by atoms with van der Waals surface area (Å²) in [4.78, 5) is 10.3. The van der Waals surface area contributed by atoms with Crippen molar-refractivity contribution in [1.82, 2.24) is 0 Å². The summed E-state index contributed by atoms with van der Waals surface area (Å²) in [6.45, 7) is 2.18. The zero-order valence-electron chi connectivity index (χ0n) is 23.8. The summed E-state index contributed by atoms with van der Waals surface area (Å²) in [6.07, 6.45) is 0.473. The fraction of sp³-hybridized carbons (Fsp3) is 0.135. The third kappa shape index (κ3) is 7.47. The van der Waals surface area contributed by atoms with Crippen LogP contribution < -0.4 is 0 Å². The van der Waals surface area contributed by atoms with Gasteiger partial charge in [0.05, 0.1) is 18.0 Å². The van der Waals surface area contributed by atoms with Crippen molar-refractivity contribution in [3.05, 3.63) is 179 Å². The Morgan fingerprint density at radius 1 is 0.595 bits per heavy atom. The molecule has 0 aliphatic heterocycles. The maximum absolute atomic E-state index is 15.0. The van der Waals surface area contributed by atoms with Gasteiger partial charge in [-0.3, -0.25) is 14.5 Å². The average Bonchev–Trinajstić information content (AvgIpc) is 3.05. The van der Waals surface area contributed by atoms with E-state index in [0.29, 0.717) is 13.0 Å². The predicted molar refractivity (Wildman–Crippen MR) is 175 cm³/mol. The van der Waals surface area contributed by atoms with E-state index in [9.17, 15) is 0 Å². The van der Waals surface area contributed by atoms with Gasteiger partial charge in [0.2, 0.25) is 7.37 Å². The number of rotatable bonds is 12. The Morgan fingerprint density at radius 2 is 0.976 bits per heavy atom. The Hall–Kier alpha value is -4.37.